The van der Waals surface area contributed by atoms with Crippen molar-refractivity contribution < 1.29 is 27.0 Å². The molecule has 0 aliphatic carbocycles. The zero-order valence-corrected chi connectivity index (χ0v) is 13.3. The smallest absolute Gasteiger partial charge is 0.457 e. The molecule has 3 nitrogen and oxygen atoms in total. The van der Waals surface area contributed by atoms with Gasteiger partial charge in [-0.3, -0.25) is 0 Å². The largest absolute Gasteiger partial charge is 0.573 e. The van der Waals surface area contributed by atoms with Crippen LogP contribution in [0.5, 0.6) is 17.2 Å². The van der Waals surface area contributed by atoms with Crippen LogP contribution in [0.4, 0.5) is 23.2 Å². The molecule has 0 aliphatic rings. The zero-order valence-electron chi connectivity index (χ0n) is 13.3. The predicted molar refractivity (Wildman–Crippen MR) is 89.4 cm³/mol. The van der Waals surface area contributed by atoms with Gasteiger partial charge < -0.3 is 15.2 Å². The Morgan fingerprint density at radius 3 is 2.23 bits per heavy atom. The minimum Gasteiger partial charge on any atom is -0.457 e. The molecule has 3 aromatic carbocycles. The summed E-state index contributed by atoms with van der Waals surface area (Å²) in [4.78, 5) is 0. The van der Waals surface area contributed by atoms with Gasteiger partial charge in [-0.1, -0.05) is 24.3 Å². The standard InChI is InChI=1S/C19H13F4NO2/c20-12-4-3-5-14(10-12)25-18-11-13(24)8-9-16(18)15-6-1-2-7-17(15)26-19(21,22)23/h1-11H,24H2. The Kier molecular flexibility index (Phi) is 4.71. The number of ether oxygens (including phenoxy) is 2. The third-order valence-electron chi connectivity index (χ3n) is 3.43. The molecule has 0 spiro atoms. The molecule has 26 heavy (non-hydrogen) atoms. The predicted octanol–water partition coefficient (Wildman–Crippen LogP) is 5.77. The van der Waals surface area contributed by atoms with Crippen LogP contribution in [-0.2, 0) is 0 Å². The van der Waals surface area contributed by atoms with Crippen molar-refractivity contribution in [2.24, 2.45) is 0 Å². The van der Waals surface area contributed by atoms with E-state index in [4.69, 9.17) is 10.5 Å². The van der Waals surface area contributed by atoms with Crippen molar-refractivity contribution in [1.29, 1.82) is 0 Å². The molecule has 0 fully saturated rings. The fraction of sp³-hybridized carbons (Fsp3) is 0.0526. The lowest BCUT2D eigenvalue weighted by Crippen LogP contribution is -2.17. The third-order valence-corrected chi connectivity index (χ3v) is 3.43. The third kappa shape index (κ3) is 4.24. The van der Waals surface area contributed by atoms with Gasteiger partial charge in [0.25, 0.3) is 0 Å². The van der Waals surface area contributed by atoms with Crippen molar-refractivity contribution in [1.82, 2.24) is 0 Å². The summed E-state index contributed by atoms with van der Waals surface area (Å²) in [5, 5.41) is 0. The molecule has 134 valence electrons. The lowest BCUT2D eigenvalue weighted by Gasteiger charge is -2.16. The van der Waals surface area contributed by atoms with Gasteiger partial charge in [-0.2, -0.15) is 0 Å². The second-order valence-corrected chi connectivity index (χ2v) is 5.36. The summed E-state index contributed by atoms with van der Waals surface area (Å²) in [6, 6.07) is 15.5. The number of anilines is 1. The number of rotatable bonds is 4. The molecule has 0 heterocycles. The maximum atomic E-state index is 13.4. The maximum Gasteiger partial charge on any atom is 0.573 e. The number of benzene rings is 3. The lowest BCUT2D eigenvalue weighted by atomic mass is 10.0. The fourth-order valence-electron chi connectivity index (χ4n) is 2.41. The first-order valence-corrected chi connectivity index (χ1v) is 7.50. The topological polar surface area (TPSA) is 44.5 Å². The van der Waals surface area contributed by atoms with Crippen LogP contribution < -0.4 is 15.2 Å². The summed E-state index contributed by atoms with van der Waals surface area (Å²) in [7, 11) is 0. The van der Waals surface area contributed by atoms with E-state index in [1.54, 1.807) is 6.07 Å². The van der Waals surface area contributed by atoms with Crippen molar-refractivity contribution in [2.75, 3.05) is 5.73 Å². The highest BCUT2D eigenvalue weighted by Gasteiger charge is 2.32. The van der Waals surface area contributed by atoms with Crippen LogP contribution >= 0.6 is 0 Å². The SMILES string of the molecule is Nc1ccc(-c2ccccc2OC(F)(F)F)c(Oc2cccc(F)c2)c1. The van der Waals surface area contributed by atoms with Gasteiger partial charge in [0.05, 0.1) is 0 Å². The molecular formula is C19H13F4NO2. The highest BCUT2D eigenvalue weighted by molar-refractivity contribution is 5.78. The van der Waals surface area contributed by atoms with Gasteiger partial charge in [0.1, 0.15) is 23.1 Å². The Bertz CT molecular complexity index is 925. The van der Waals surface area contributed by atoms with Gasteiger partial charge in [-0.25, -0.2) is 4.39 Å². The minimum absolute atomic E-state index is 0.163. The summed E-state index contributed by atoms with van der Waals surface area (Å²) >= 11 is 0. The molecule has 0 saturated carbocycles. The Balaban J connectivity index is 2.06. The van der Waals surface area contributed by atoms with Gasteiger partial charge in [0.15, 0.2) is 0 Å². The molecule has 0 bridgehead atoms. The van der Waals surface area contributed by atoms with E-state index in [1.165, 1.54) is 54.6 Å². The number of hydrogen-bond acceptors (Lipinski definition) is 3. The average molecular weight is 363 g/mol. The number of para-hydroxylation sites is 1. The van der Waals surface area contributed by atoms with Crippen molar-refractivity contribution in [2.45, 2.75) is 6.36 Å². The van der Waals surface area contributed by atoms with Crippen molar-refractivity contribution in [3.8, 4) is 28.4 Å². The zero-order chi connectivity index (χ0) is 18.7. The Morgan fingerprint density at radius 2 is 1.50 bits per heavy atom. The molecule has 0 amide bonds. The molecule has 0 unspecified atom stereocenters. The monoisotopic (exact) mass is 363 g/mol. The Morgan fingerprint density at radius 1 is 0.769 bits per heavy atom. The molecule has 0 aliphatic heterocycles. The summed E-state index contributed by atoms with van der Waals surface area (Å²) < 4.78 is 61.2. The van der Waals surface area contributed by atoms with E-state index >= 15 is 0 Å². The van der Waals surface area contributed by atoms with E-state index in [1.807, 2.05) is 0 Å². The van der Waals surface area contributed by atoms with E-state index in [2.05, 4.69) is 4.74 Å². The molecule has 0 aromatic heterocycles. The van der Waals surface area contributed by atoms with E-state index in [0.29, 0.717) is 11.3 Å². The van der Waals surface area contributed by atoms with Crippen molar-refractivity contribution in [3.63, 3.8) is 0 Å². The quantitative estimate of drug-likeness (QED) is 0.473. The molecule has 3 rings (SSSR count). The molecule has 7 heteroatoms. The molecule has 0 atom stereocenters. The Labute approximate surface area is 146 Å². The van der Waals surface area contributed by atoms with E-state index in [0.717, 1.165) is 6.07 Å². The van der Waals surface area contributed by atoms with Crippen molar-refractivity contribution >= 4 is 5.69 Å². The second kappa shape index (κ2) is 6.95. The van der Waals surface area contributed by atoms with Crippen LogP contribution in [-0.4, -0.2) is 6.36 Å². The first-order valence-electron chi connectivity index (χ1n) is 7.50. The Hall–Kier alpha value is -3.22. The fourth-order valence-corrected chi connectivity index (χ4v) is 2.41. The van der Waals surface area contributed by atoms with Gasteiger partial charge in [0, 0.05) is 28.9 Å². The molecule has 0 radical (unpaired) electrons. The van der Waals surface area contributed by atoms with Crippen LogP contribution in [0.15, 0.2) is 66.7 Å². The number of hydrogen-bond donors (Lipinski definition) is 1. The molecule has 3 aromatic rings. The van der Waals surface area contributed by atoms with Gasteiger partial charge in [-0.05, 0) is 30.3 Å². The van der Waals surface area contributed by atoms with Gasteiger partial charge >= 0.3 is 6.36 Å². The molecule has 2 N–H and O–H groups in total. The first kappa shape index (κ1) is 17.6. The number of halogens is 4. The molecular weight excluding hydrogens is 350 g/mol. The van der Waals surface area contributed by atoms with Crippen LogP contribution in [0.2, 0.25) is 0 Å². The normalized spacial score (nSPS) is 11.2. The van der Waals surface area contributed by atoms with Crippen LogP contribution in [0.25, 0.3) is 11.1 Å². The molecule has 0 saturated heterocycles. The number of nitrogens with two attached hydrogens (primary N) is 1. The van der Waals surface area contributed by atoms with Crippen LogP contribution in [0.3, 0.4) is 0 Å². The first-order chi connectivity index (χ1) is 12.3. The number of alkyl halides is 3. The van der Waals surface area contributed by atoms with Gasteiger partial charge in [-0.15, -0.1) is 13.2 Å². The summed E-state index contributed by atoms with van der Waals surface area (Å²) in [6.45, 7) is 0. The highest BCUT2D eigenvalue weighted by Crippen LogP contribution is 2.40. The van der Waals surface area contributed by atoms with E-state index < -0.39 is 12.2 Å². The summed E-state index contributed by atoms with van der Waals surface area (Å²) in [5.41, 5.74) is 6.59. The van der Waals surface area contributed by atoms with Crippen molar-refractivity contribution in [3.05, 3.63) is 72.5 Å². The summed E-state index contributed by atoms with van der Waals surface area (Å²) in [6.07, 6.45) is -4.84. The highest BCUT2D eigenvalue weighted by atomic mass is 19.4. The lowest BCUT2D eigenvalue weighted by molar-refractivity contribution is -0.274. The van der Waals surface area contributed by atoms with Crippen LogP contribution in [0, 0.1) is 5.82 Å². The summed E-state index contributed by atoms with van der Waals surface area (Å²) in [5.74, 6) is -0.525. The number of nitrogen functional groups attached to an aromatic ring is 1. The average Bonchev–Trinajstić information content (AvgIpc) is 2.55. The second-order valence-electron chi connectivity index (χ2n) is 5.36. The van der Waals surface area contributed by atoms with Gasteiger partial charge in [0.2, 0.25) is 0 Å². The van der Waals surface area contributed by atoms with Crippen LogP contribution in [0.1, 0.15) is 0 Å². The maximum absolute atomic E-state index is 13.4. The van der Waals surface area contributed by atoms with E-state index in [9.17, 15) is 17.6 Å². The minimum atomic E-state index is -4.84. The van der Waals surface area contributed by atoms with E-state index in [-0.39, 0.29) is 22.8 Å².